The first-order valence-corrected chi connectivity index (χ1v) is 6.42. The fraction of sp³-hybridized carbons (Fsp3) is 0.188. The summed E-state index contributed by atoms with van der Waals surface area (Å²) >= 11 is 0. The van der Waals surface area contributed by atoms with Crippen molar-refractivity contribution >= 4 is 11.7 Å². The van der Waals surface area contributed by atoms with Gasteiger partial charge in [-0.2, -0.15) is 0 Å². The highest BCUT2D eigenvalue weighted by molar-refractivity contribution is 5.91. The molecular formula is C16H17NO3. The number of aromatic carboxylic acids is 1. The van der Waals surface area contributed by atoms with E-state index in [0.29, 0.717) is 12.2 Å². The largest absolute Gasteiger partial charge is 0.507 e. The number of hydrogen-bond acceptors (Lipinski definition) is 3. The van der Waals surface area contributed by atoms with Crippen molar-refractivity contribution < 1.29 is 15.0 Å². The minimum atomic E-state index is -1.13. The molecule has 0 fully saturated rings. The molecular weight excluding hydrogens is 254 g/mol. The van der Waals surface area contributed by atoms with Gasteiger partial charge in [0.25, 0.3) is 0 Å². The molecule has 0 amide bonds. The molecule has 0 heterocycles. The first kappa shape index (κ1) is 13.9. The normalized spacial score (nSPS) is 10.2. The lowest BCUT2D eigenvalue weighted by atomic mass is 10.1. The summed E-state index contributed by atoms with van der Waals surface area (Å²) < 4.78 is 0. The van der Waals surface area contributed by atoms with E-state index < -0.39 is 5.97 Å². The van der Waals surface area contributed by atoms with Gasteiger partial charge in [0.2, 0.25) is 0 Å². The van der Waals surface area contributed by atoms with Crippen LogP contribution >= 0.6 is 0 Å². The number of rotatable bonds is 5. The Kier molecular flexibility index (Phi) is 4.25. The van der Waals surface area contributed by atoms with E-state index in [0.717, 1.165) is 6.42 Å². The van der Waals surface area contributed by atoms with Gasteiger partial charge in [-0.05, 0) is 37.1 Å². The van der Waals surface area contributed by atoms with Gasteiger partial charge in [0, 0.05) is 12.2 Å². The quantitative estimate of drug-likeness (QED) is 0.731. The second-order valence-corrected chi connectivity index (χ2v) is 4.70. The molecule has 0 unspecified atom stereocenters. The highest BCUT2D eigenvalue weighted by Crippen LogP contribution is 2.21. The fourth-order valence-electron chi connectivity index (χ4n) is 1.92. The summed E-state index contributed by atoms with van der Waals surface area (Å²) in [6, 6.07) is 12.8. The Balaban J connectivity index is 1.96. The lowest BCUT2D eigenvalue weighted by Gasteiger charge is -2.08. The zero-order chi connectivity index (χ0) is 14.5. The van der Waals surface area contributed by atoms with E-state index in [-0.39, 0.29) is 11.3 Å². The van der Waals surface area contributed by atoms with Crippen molar-refractivity contribution in [3.05, 3.63) is 59.2 Å². The van der Waals surface area contributed by atoms with Crippen molar-refractivity contribution in [2.45, 2.75) is 13.3 Å². The second kappa shape index (κ2) is 6.10. The average Bonchev–Trinajstić information content (AvgIpc) is 2.42. The molecule has 3 N–H and O–H groups in total. The zero-order valence-corrected chi connectivity index (χ0v) is 11.3. The molecule has 0 aliphatic carbocycles. The Morgan fingerprint density at radius 1 is 1.15 bits per heavy atom. The number of carboxylic acids is 1. The number of carboxylic acid groups (broad SMARTS) is 1. The van der Waals surface area contributed by atoms with Crippen LogP contribution in [0, 0.1) is 6.92 Å². The van der Waals surface area contributed by atoms with Crippen LogP contribution in [0.4, 0.5) is 5.69 Å². The summed E-state index contributed by atoms with van der Waals surface area (Å²) in [6.45, 7) is 2.75. The summed E-state index contributed by atoms with van der Waals surface area (Å²) in [7, 11) is 0. The van der Waals surface area contributed by atoms with E-state index in [2.05, 4.69) is 29.6 Å². The average molecular weight is 271 g/mol. The maximum atomic E-state index is 10.9. The van der Waals surface area contributed by atoms with Crippen LogP contribution in [0.15, 0.2) is 42.5 Å². The fourth-order valence-corrected chi connectivity index (χ4v) is 1.92. The predicted molar refractivity (Wildman–Crippen MR) is 78.4 cm³/mol. The first-order valence-electron chi connectivity index (χ1n) is 6.42. The molecule has 0 saturated heterocycles. The monoisotopic (exact) mass is 271 g/mol. The van der Waals surface area contributed by atoms with Crippen molar-refractivity contribution in [1.82, 2.24) is 0 Å². The number of carbonyl (C=O) groups is 1. The Bertz CT molecular complexity index is 606. The Hall–Kier alpha value is -2.49. The molecule has 0 aromatic heterocycles. The molecule has 2 aromatic rings. The Labute approximate surface area is 117 Å². The van der Waals surface area contributed by atoms with Gasteiger partial charge in [-0.15, -0.1) is 0 Å². The van der Waals surface area contributed by atoms with Crippen LogP contribution in [0.2, 0.25) is 0 Å². The maximum Gasteiger partial charge on any atom is 0.339 e. The maximum absolute atomic E-state index is 10.9. The van der Waals surface area contributed by atoms with Gasteiger partial charge in [0.05, 0.1) is 0 Å². The molecule has 104 valence electrons. The summed E-state index contributed by atoms with van der Waals surface area (Å²) in [4.78, 5) is 10.9. The summed E-state index contributed by atoms with van der Waals surface area (Å²) in [5.74, 6) is -1.36. The lowest BCUT2D eigenvalue weighted by Crippen LogP contribution is -2.06. The van der Waals surface area contributed by atoms with Crippen LogP contribution < -0.4 is 5.32 Å². The second-order valence-electron chi connectivity index (χ2n) is 4.70. The van der Waals surface area contributed by atoms with Gasteiger partial charge in [-0.25, -0.2) is 4.79 Å². The van der Waals surface area contributed by atoms with Crippen LogP contribution in [0.5, 0.6) is 5.75 Å². The predicted octanol–water partition coefficient (Wildman–Crippen LogP) is 3.05. The Morgan fingerprint density at radius 2 is 1.85 bits per heavy atom. The molecule has 4 nitrogen and oxygen atoms in total. The molecule has 0 aliphatic heterocycles. The van der Waals surface area contributed by atoms with Crippen LogP contribution in [0.25, 0.3) is 0 Å². The number of phenols is 1. The summed E-state index contributed by atoms with van der Waals surface area (Å²) in [5, 5.41) is 21.5. The molecule has 2 rings (SSSR count). The van der Waals surface area contributed by atoms with E-state index in [1.807, 2.05) is 6.92 Å². The molecule has 2 aromatic carbocycles. The number of benzene rings is 2. The Morgan fingerprint density at radius 3 is 2.50 bits per heavy atom. The molecule has 0 radical (unpaired) electrons. The molecule has 0 saturated carbocycles. The van der Waals surface area contributed by atoms with Crippen molar-refractivity contribution in [2.75, 3.05) is 11.9 Å². The SMILES string of the molecule is Cc1ccc(CCNc2ccc(O)c(C(=O)O)c2)cc1. The number of nitrogens with one attached hydrogen (secondary N) is 1. The van der Waals surface area contributed by atoms with E-state index in [1.54, 1.807) is 6.07 Å². The van der Waals surface area contributed by atoms with Crippen molar-refractivity contribution in [2.24, 2.45) is 0 Å². The third-order valence-electron chi connectivity index (χ3n) is 3.09. The molecule has 0 bridgehead atoms. The minimum Gasteiger partial charge on any atom is -0.507 e. The van der Waals surface area contributed by atoms with Crippen LogP contribution in [0.1, 0.15) is 21.5 Å². The van der Waals surface area contributed by atoms with Gasteiger partial charge < -0.3 is 15.5 Å². The molecule has 0 spiro atoms. The first-order chi connectivity index (χ1) is 9.56. The van der Waals surface area contributed by atoms with Crippen LogP contribution in [-0.4, -0.2) is 22.7 Å². The molecule has 20 heavy (non-hydrogen) atoms. The van der Waals surface area contributed by atoms with Crippen molar-refractivity contribution in [1.29, 1.82) is 0 Å². The number of aryl methyl sites for hydroxylation is 1. The third-order valence-corrected chi connectivity index (χ3v) is 3.09. The molecule has 4 heteroatoms. The smallest absolute Gasteiger partial charge is 0.339 e. The minimum absolute atomic E-state index is 0.0923. The third kappa shape index (κ3) is 3.51. The zero-order valence-electron chi connectivity index (χ0n) is 11.3. The number of anilines is 1. The van der Waals surface area contributed by atoms with E-state index in [4.69, 9.17) is 5.11 Å². The molecule has 0 aliphatic rings. The van der Waals surface area contributed by atoms with Gasteiger partial charge in [-0.1, -0.05) is 29.8 Å². The standard InChI is InChI=1S/C16H17NO3/c1-11-2-4-12(5-3-11)8-9-17-13-6-7-15(18)14(10-13)16(19)20/h2-7,10,17-18H,8-9H2,1H3,(H,19,20). The van der Waals surface area contributed by atoms with E-state index >= 15 is 0 Å². The highest BCUT2D eigenvalue weighted by Gasteiger charge is 2.09. The lowest BCUT2D eigenvalue weighted by molar-refractivity contribution is 0.0694. The van der Waals surface area contributed by atoms with Crippen LogP contribution in [0.3, 0.4) is 0 Å². The van der Waals surface area contributed by atoms with E-state index in [9.17, 15) is 9.90 Å². The van der Waals surface area contributed by atoms with Gasteiger partial charge in [0.1, 0.15) is 11.3 Å². The number of hydrogen-bond donors (Lipinski definition) is 3. The highest BCUT2D eigenvalue weighted by atomic mass is 16.4. The summed E-state index contributed by atoms with van der Waals surface area (Å²) in [6.07, 6.45) is 0.851. The van der Waals surface area contributed by atoms with Crippen molar-refractivity contribution in [3.8, 4) is 5.75 Å². The number of aromatic hydroxyl groups is 1. The van der Waals surface area contributed by atoms with Gasteiger partial charge >= 0.3 is 5.97 Å². The molecule has 0 atom stereocenters. The van der Waals surface area contributed by atoms with Crippen molar-refractivity contribution in [3.63, 3.8) is 0 Å². The van der Waals surface area contributed by atoms with E-state index in [1.165, 1.54) is 23.3 Å². The summed E-state index contributed by atoms with van der Waals surface area (Å²) in [5.41, 5.74) is 3.05. The van der Waals surface area contributed by atoms with Crippen LogP contribution in [-0.2, 0) is 6.42 Å². The van der Waals surface area contributed by atoms with Gasteiger partial charge in [-0.3, -0.25) is 0 Å². The topological polar surface area (TPSA) is 69.6 Å². The van der Waals surface area contributed by atoms with Gasteiger partial charge in [0.15, 0.2) is 0 Å².